The summed E-state index contributed by atoms with van der Waals surface area (Å²) in [5.74, 6) is 0.702. The van der Waals surface area contributed by atoms with E-state index in [1.165, 1.54) is 6.92 Å². The summed E-state index contributed by atoms with van der Waals surface area (Å²) in [6.07, 6.45) is 3.78. The maximum atomic E-state index is 11.4. The molecule has 1 saturated heterocycles. The summed E-state index contributed by atoms with van der Waals surface area (Å²) >= 11 is 1.68. The van der Waals surface area contributed by atoms with Crippen LogP contribution in [-0.4, -0.2) is 32.4 Å². The Balaban J connectivity index is 1.36. The molecule has 4 aromatic rings. The Labute approximate surface area is 233 Å². The number of aryl methyl sites for hydroxylation is 1. The number of benzene rings is 3. The SMILES string of the molecule is CC(=O)NCc1ccccc1-c1ccc([C@H]2O[C@@H](CSc3nccn3C)C[C@@H](c3ccc(CO)cc3)O2)cc1. The molecule has 39 heavy (non-hydrogen) atoms. The van der Waals surface area contributed by atoms with Crippen molar-refractivity contribution < 1.29 is 19.4 Å². The zero-order valence-corrected chi connectivity index (χ0v) is 22.9. The van der Waals surface area contributed by atoms with Gasteiger partial charge in [-0.25, -0.2) is 4.98 Å². The molecular formula is C31H33N3O4S. The molecule has 2 N–H and O–H groups in total. The maximum absolute atomic E-state index is 11.4. The Hall–Kier alpha value is -3.43. The molecule has 5 rings (SSSR count). The zero-order chi connectivity index (χ0) is 27.2. The lowest BCUT2D eigenvalue weighted by Crippen LogP contribution is -2.31. The Bertz CT molecular complexity index is 1390. The average Bonchev–Trinajstić information content (AvgIpc) is 3.39. The van der Waals surface area contributed by atoms with Gasteiger partial charge in [-0.1, -0.05) is 84.6 Å². The fourth-order valence-corrected chi connectivity index (χ4v) is 5.63. The molecule has 0 unspecified atom stereocenters. The average molecular weight is 544 g/mol. The number of rotatable bonds is 9. The van der Waals surface area contributed by atoms with Gasteiger partial charge in [-0.3, -0.25) is 4.79 Å². The highest BCUT2D eigenvalue weighted by Gasteiger charge is 2.32. The number of carbonyl (C=O) groups is 1. The van der Waals surface area contributed by atoms with E-state index in [1.807, 2.05) is 60.3 Å². The summed E-state index contributed by atoms with van der Waals surface area (Å²) in [6.45, 7) is 2.02. The van der Waals surface area contributed by atoms with Crippen molar-refractivity contribution >= 4 is 17.7 Å². The number of aliphatic hydroxyl groups is 1. The van der Waals surface area contributed by atoms with Crippen molar-refractivity contribution in [1.29, 1.82) is 0 Å². The predicted octanol–water partition coefficient (Wildman–Crippen LogP) is 5.55. The van der Waals surface area contributed by atoms with Crippen LogP contribution in [0.4, 0.5) is 0 Å². The first-order valence-electron chi connectivity index (χ1n) is 13.0. The van der Waals surface area contributed by atoms with Crippen molar-refractivity contribution in [2.24, 2.45) is 7.05 Å². The second-order valence-electron chi connectivity index (χ2n) is 9.67. The summed E-state index contributed by atoms with van der Waals surface area (Å²) in [5, 5.41) is 13.3. The summed E-state index contributed by atoms with van der Waals surface area (Å²) in [6, 6.07) is 24.3. The van der Waals surface area contributed by atoms with Crippen LogP contribution in [0.2, 0.25) is 0 Å². The van der Waals surface area contributed by atoms with Gasteiger partial charge in [0.05, 0.1) is 18.8 Å². The van der Waals surface area contributed by atoms with Gasteiger partial charge in [0.15, 0.2) is 11.4 Å². The standard InChI is InChI=1S/C31H33N3O4S/c1-21(36)33-18-26-5-3-4-6-28(26)23-11-13-25(14-12-23)30-37-27(20-39-31-32-15-16-34(31)2)17-29(38-30)24-9-7-22(19-35)8-10-24/h3-16,27,29-30,35H,17-20H2,1-2H3,(H,33,36)/t27-,29+,30+/m1/s1. The minimum atomic E-state index is -0.517. The number of thioether (sulfide) groups is 1. The van der Waals surface area contributed by atoms with E-state index in [0.717, 1.165) is 50.7 Å². The van der Waals surface area contributed by atoms with Crippen molar-refractivity contribution in [2.45, 2.75) is 50.2 Å². The van der Waals surface area contributed by atoms with Crippen molar-refractivity contribution in [3.8, 4) is 11.1 Å². The van der Waals surface area contributed by atoms with E-state index in [0.29, 0.717) is 6.54 Å². The van der Waals surface area contributed by atoms with Gasteiger partial charge in [0.1, 0.15) is 0 Å². The Kier molecular flexibility index (Phi) is 8.78. The number of amides is 1. The van der Waals surface area contributed by atoms with Gasteiger partial charge in [-0.15, -0.1) is 0 Å². The second-order valence-corrected chi connectivity index (χ2v) is 10.7. The van der Waals surface area contributed by atoms with Crippen LogP contribution in [0.5, 0.6) is 0 Å². The zero-order valence-electron chi connectivity index (χ0n) is 22.1. The van der Waals surface area contributed by atoms with E-state index in [1.54, 1.807) is 18.0 Å². The van der Waals surface area contributed by atoms with Crippen molar-refractivity contribution in [3.63, 3.8) is 0 Å². The highest BCUT2D eigenvalue weighted by molar-refractivity contribution is 7.99. The quantitative estimate of drug-likeness (QED) is 0.269. The molecule has 0 bridgehead atoms. The molecule has 1 fully saturated rings. The first-order valence-corrected chi connectivity index (χ1v) is 14.0. The Morgan fingerprint density at radius 2 is 1.79 bits per heavy atom. The number of nitrogens with one attached hydrogen (secondary N) is 1. The van der Waals surface area contributed by atoms with Crippen LogP contribution in [0.15, 0.2) is 90.3 Å². The molecular weight excluding hydrogens is 510 g/mol. The molecule has 1 aromatic heterocycles. The predicted molar refractivity (Wildman–Crippen MR) is 152 cm³/mol. The number of ether oxygens (including phenoxy) is 2. The fourth-order valence-electron chi connectivity index (χ4n) is 4.68. The molecule has 1 aliphatic rings. The Morgan fingerprint density at radius 3 is 2.49 bits per heavy atom. The molecule has 2 heterocycles. The fraction of sp³-hybridized carbons (Fsp3) is 0.290. The Morgan fingerprint density at radius 1 is 1.05 bits per heavy atom. The third-order valence-corrected chi connectivity index (χ3v) is 8.02. The molecule has 0 aliphatic carbocycles. The number of imidazole rings is 1. The van der Waals surface area contributed by atoms with Crippen LogP contribution in [0, 0.1) is 0 Å². The number of hydrogen-bond acceptors (Lipinski definition) is 6. The number of carbonyl (C=O) groups excluding carboxylic acids is 1. The number of aromatic nitrogens is 2. The number of nitrogens with zero attached hydrogens (tertiary/aromatic N) is 2. The molecule has 8 heteroatoms. The third-order valence-electron chi connectivity index (χ3n) is 6.83. The van der Waals surface area contributed by atoms with Crippen LogP contribution in [0.25, 0.3) is 11.1 Å². The molecule has 1 amide bonds. The van der Waals surface area contributed by atoms with Gasteiger partial charge in [0.25, 0.3) is 0 Å². The van der Waals surface area contributed by atoms with Gasteiger partial charge in [-0.05, 0) is 27.8 Å². The van der Waals surface area contributed by atoms with Crippen molar-refractivity contribution in [2.75, 3.05) is 5.75 Å². The van der Waals surface area contributed by atoms with E-state index in [2.05, 4.69) is 40.6 Å². The van der Waals surface area contributed by atoms with Crippen LogP contribution in [0.3, 0.4) is 0 Å². The lowest BCUT2D eigenvalue weighted by molar-refractivity contribution is -0.245. The molecule has 1 aliphatic heterocycles. The molecule has 3 atom stereocenters. The van der Waals surface area contributed by atoms with Gasteiger partial charge in [0.2, 0.25) is 5.91 Å². The van der Waals surface area contributed by atoms with E-state index in [-0.39, 0.29) is 24.7 Å². The maximum Gasteiger partial charge on any atom is 0.217 e. The van der Waals surface area contributed by atoms with E-state index in [9.17, 15) is 9.90 Å². The van der Waals surface area contributed by atoms with Crippen LogP contribution < -0.4 is 5.32 Å². The lowest BCUT2D eigenvalue weighted by atomic mass is 9.98. The summed E-state index contributed by atoms with van der Waals surface area (Å²) in [7, 11) is 1.99. The number of aliphatic hydroxyl groups excluding tert-OH is 1. The largest absolute Gasteiger partial charge is 0.392 e. The highest BCUT2D eigenvalue weighted by Crippen LogP contribution is 2.39. The molecule has 202 valence electrons. The number of hydrogen-bond donors (Lipinski definition) is 2. The minimum Gasteiger partial charge on any atom is -0.392 e. The van der Waals surface area contributed by atoms with E-state index >= 15 is 0 Å². The van der Waals surface area contributed by atoms with E-state index in [4.69, 9.17) is 9.47 Å². The van der Waals surface area contributed by atoms with Gasteiger partial charge in [0, 0.05) is 50.6 Å². The van der Waals surface area contributed by atoms with Gasteiger partial charge >= 0.3 is 0 Å². The van der Waals surface area contributed by atoms with Gasteiger partial charge in [-0.2, -0.15) is 0 Å². The molecule has 3 aromatic carbocycles. The molecule has 0 radical (unpaired) electrons. The van der Waals surface area contributed by atoms with Crippen LogP contribution in [0.1, 0.15) is 48.0 Å². The molecule has 0 saturated carbocycles. The molecule has 7 nitrogen and oxygen atoms in total. The third kappa shape index (κ3) is 6.78. The summed E-state index contributed by atoms with van der Waals surface area (Å²) < 4.78 is 15.0. The van der Waals surface area contributed by atoms with E-state index < -0.39 is 6.29 Å². The van der Waals surface area contributed by atoms with Crippen molar-refractivity contribution in [3.05, 3.63) is 107 Å². The second kappa shape index (κ2) is 12.6. The summed E-state index contributed by atoms with van der Waals surface area (Å²) in [5.41, 5.74) is 6.09. The topological polar surface area (TPSA) is 85.6 Å². The highest BCUT2D eigenvalue weighted by atomic mass is 32.2. The molecule has 0 spiro atoms. The van der Waals surface area contributed by atoms with Crippen molar-refractivity contribution in [1.82, 2.24) is 14.9 Å². The minimum absolute atomic E-state index is 0.0146. The normalized spacial score (nSPS) is 19.1. The summed E-state index contributed by atoms with van der Waals surface area (Å²) in [4.78, 5) is 15.9. The van der Waals surface area contributed by atoms with Crippen LogP contribution in [-0.2, 0) is 34.5 Å². The first kappa shape index (κ1) is 27.1. The van der Waals surface area contributed by atoms with Crippen LogP contribution >= 0.6 is 11.8 Å². The smallest absolute Gasteiger partial charge is 0.217 e. The lowest BCUT2D eigenvalue weighted by Gasteiger charge is -2.36. The first-order chi connectivity index (χ1) is 19.0. The monoisotopic (exact) mass is 543 g/mol. The van der Waals surface area contributed by atoms with Gasteiger partial charge < -0.3 is 24.5 Å².